The number of carbonyl (C=O) groups is 2. The molecule has 0 spiro atoms. The molecular formula is C13H21ClN2O3S. The largest absolute Gasteiger partial charge is 0.480 e. The zero-order valence-corrected chi connectivity index (χ0v) is 13.4. The molecule has 2 heterocycles. The van der Waals surface area contributed by atoms with Crippen molar-refractivity contribution >= 4 is 35.2 Å². The summed E-state index contributed by atoms with van der Waals surface area (Å²) in [7, 11) is 0. The van der Waals surface area contributed by atoms with Crippen molar-refractivity contribution in [2.75, 3.05) is 12.3 Å². The highest BCUT2D eigenvalue weighted by atomic mass is 35.5. The van der Waals surface area contributed by atoms with E-state index in [2.05, 4.69) is 12.2 Å². The minimum Gasteiger partial charge on any atom is -0.480 e. The molecule has 3 atom stereocenters. The van der Waals surface area contributed by atoms with Crippen LogP contribution in [0.25, 0.3) is 0 Å². The number of unbranched alkanes of at least 4 members (excludes halogenated alkanes) is 2. The molecule has 0 aromatic rings. The van der Waals surface area contributed by atoms with Crippen molar-refractivity contribution in [2.45, 2.75) is 55.4 Å². The Kier molecular flexibility index (Phi) is 4.56. The number of hydrogen-bond donors (Lipinski definition) is 2. The van der Waals surface area contributed by atoms with E-state index in [1.807, 2.05) is 0 Å². The van der Waals surface area contributed by atoms with Gasteiger partial charge < -0.3 is 5.11 Å². The van der Waals surface area contributed by atoms with E-state index in [1.54, 1.807) is 18.7 Å². The van der Waals surface area contributed by atoms with Crippen LogP contribution in [0.4, 0.5) is 0 Å². The summed E-state index contributed by atoms with van der Waals surface area (Å²) < 4.78 is 0. The van der Waals surface area contributed by atoms with Crippen LogP contribution in [0.15, 0.2) is 0 Å². The smallest absolute Gasteiger partial charge is 0.328 e. The van der Waals surface area contributed by atoms with Gasteiger partial charge in [-0.05, 0) is 19.9 Å². The molecule has 0 aliphatic carbocycles. The maximum absolute atomic E-state index is 11.9. The van der Waals surface area contributed by atoms with Crippen LogP contribution in [-0.4, -0.2) is 50.1 Å². The second-order valence-corrected chi connectivity index (χ2v) is 7.78. The number of halogens is 1. The van der Waals surface area contributed by atoms with Gasteiger partial charge in [-0.3, -0.25) is 15.0 Å². The van der Waals surface area contributed by atoms with Crippen LogP contribution in [0.1, 0.15) is 39.5 Å². The van der Waals surface area contributed by atoms with Gasteiger partial charge in [0.2, 0.25) is 5.91 Å². The molecule has 0 radical (unpaired) electrons. The van der Waals surface area contributed by atoms with Crippen LogP contribution in [-0.2, 0) is 9.59 Å². The Morgan fingerprint density at radius 3 is 2.85 bits per heavy atom. The molecule has 0 bridgehead atoms. The lowest BCUT2D eigenvalue weighted by atomic mass is 9.94. The highest BCUT2D eigenvalue weighted by molar-refractivity contribution is 8.00. The first kappa shape index (κ1) is 15.9. The number of rotatable bonds is 6. The Morgan fingerprint density at radius 2 is 2.30 bits per heavy atom. The Labute approximate surface area is 128 Å². The third-order valence-corrected chi connectivity index (χ3v) is 6.09. The summed E-state index contributed by atoms with van der Waals surface area (Å²) in [5.41, 5.74) is 0. The normalized spacial score (nSPS) is 36.5. The van der Waals surface area contributed by atoms with Gasteiger partial charge in [-0.2, -0.15) is 0 Å². The predicted molar refractivity (Wildman–Crippen MR) is 79.9 cm³/mol. The Balaban J connectivity index is 2.11. The van der Waals surface area contributed by atoms with E-state index in [4.69, 9.17) is 11.6 Å². The maximum Gasteiger partial charge on any atom is 0.328 e. The fourth-order valence-corrected chi connectivity index (χ4v) is 4.60. The second-order valence-electron chi connectivity index (χ2n) is 5.67. The zero-order chi connectivity index (χ0) is 15.0. The van der Waals surface area contributed by atoms with E-state index in [1.165, 1.54) is 4.90 Å². The van der Waals surface area contributed by atoms with Gasteiger partial charge in [-0.15, -0.1) is 23.4 Å². The Bertz CT molecular complexity index is 418. The number of hydrogen-bond acceptors (Lipinski definition) is 4. The molecule has 2 saturated heterocycles. The zero-order valence-electron chi connectivity index (χ0n) is 11.8. The number of carbonyl (C=O) groups excluding carboxylic acids is 1. The fraction of sp³-hybridized carbons (Fsp3) is 0.846. The van der Waals surface area contributed by atoms with E-state index in [0.29, 0.717) is 12.2 Å². The molecule has 2 N–H and O–H groups in total. The first-order valence-corrected chi connectivity index (χ1v) is 8.33. The van der Waals surface area contributed by atoms with Crippen LogP contribution in [0.2, 0.25) is 0 Å². The number of β-lactam (4-membered cyclic amide) rings is 1. The number of alkyl halides is 1. The standard InChI is InChI=1S/C13H21ClN2O3S/c1-3-4-5-6-15-13-7-9(17)16(13)10(11(18)19)12(2,14)8-20-13/h10,15H,3-8H2,1-2H3,(H,18,19). The van der Waals surface area contributed by atoms with Crippen molar-refractivity contribution < 1.29 is 14.7 Å². The number of fused-ring (bicyclic) bond motifs is 1. The number of thioether (sulfide) groups is 1. The van der Waals surface area contributed by atoms with Gasteiger partial charge in [0.05, 0.1) is 11.3 Å². The topological polar surface area (TPSA) is 69.6 Å². The molecule has 7 heteroatoms. The average Bonchev–Trinajstić information content (AvgIpc) is 2.36. The fourth-order valence-electron chi connectivity index (χ4n) is 2.79. The second kappa shape index (κ2) is 5.73. The lowest BCUT2D eigenvalue weighted by Gasteiger charge is -2.60. The van der Waals surface area contributed by atoms with Gasteiger partial charge in [-0.1, -0.05) is 19.8 Å². The Hall–Kier alpha value is -0.460. The van der Waals surface area contributed by atoms with Gasteiger partial charge in [0.25, 0.3) is 0 Å². The number of nitrogens with one attached hydrogen (secondary N) is 1. The van der Waals surface area contributed by atoms with Crippen molar-refractivity contribution in [3.05, 3.63) is 0 Å². The molecule has 5 nitrogen and oxygen atoms in total. The molecule has 114 valence electrons. The van der Waals surface area contributed by atoms with Crippen molar-refractivity contribution in [1.82, 2.24) is 10.2 Å². The first-order chi connectivity index (χ1) is 9.34. The van der Waals surface area contributed by atoms with Gasteiger partial charge in [-0.25, -0.2) is 4.79 Å². The monoisotopic (exact) mass is 320 g/mol. The molecule has 2 aliphatic rings. The minimum atomic E-state index is -1.03. The molecule has 2 rings (SSSR count). The van der Waals surface area contributed by atoms with Crippen LogP contribution >= 0.6 is 23.4 Å². The number of nitrogens with zero attached hydrogens (tertiary/aromatic N) is 1. The van der Waals surface area contributed by atoms with E-state index in [9.17, 15) is 14.7 Å². The molecule has 20 heavy (non-hydrogen) atoms. The van der Waals surface area contributed by atoms with Gasteiger partial charge >= 0.3 is 5.97 Å². The van der Waals surface area contributed by atoms with E-state index in [0.717, 1.165) is 25.8 Å². The molecule has 0 saturated carbocycles. The highest BCUT2D eigenvalue weighted by Crippen LogP contribution is 2.50. The maximum atomic E-state index is 11.9. The molecule has 2 fully saturated rings. The van der Waals surface area contributed by atoms with Crippen molar-refractivity contribution in [3.8, 4) is 0 Å². The van der Waals surface area contributed by atoms with Gasteiger partial charge in [0, 0.05) is 5.75 Å². The van der Waals surface area contributed by atoms with Crippen LogP contribution in [0.3, 0.4) is 0 Å². The molecule has 0 aromatic carbocycles. The number of carboxylic acids is 1. The molecule has 2 aliphatic heterocycles. The summed E-state index contributed by atoms with van der Waals surface area (Å²) in [4.78, 5) is 23.4. The van der Waals surface area contributed by atoms with Gasteiger partial charge in [0.1, 0.15) is 0 Å². The van der Waals surface area contributed by atoms with Gasteiger partial charge in [0.15, 0.2) is 11.0 Å². The van der Waals surface area contributed by atoms with E-state index in [-0.39, 0.29) is 5.91 Å². The molecule has 1 amide bonds. The van der Waals surface area contributed by atoms with E-state index >= 15 is 0 Å². The third-order valence-electron chi connectivity index (χ3n) is 3.89. The molecular weight excluding hydrogens is 300 g/mol. The average molecular weight is 321 g/mol. The number of amides is 1. The quantitative estimate of drug-likeness (QED) is 0.444. The van der Waals surface area contributed by atoms with Crippen molar-refractivity contribution in [3.63, 3.8) is 0 Å². The van der Waals surface area contributed by atoms with Crippen LogP contribution in [0.5, 0.6) is 0 Å². The number of carboxylic acid groups (broad SMARTS) is 1. The van der Waals surface area contributed by atoms with Crippen molar-refractivity contribution in [1.29, 1.82) is 0 Å². The van der Waals surface area contributed by atoms with Crippen molar-refractivity contribution in [2.24, 2.45) is 0 Å². The predicted octanol–water partition coefficient (Wildman–Crippen LogP) is 1.85. The third kappa shape index (κ3) is 2.65. The van der Waals surface area contributed by atoms with Crippen LogP contribution in [0, 0.1) is 0 Å². The molecule has 3 unspecified atom stereocenters. The summed E-state index contributed by atoms with van der Waals surface area (Å²) in [5.74, 6) is -0.661. The Morgan fingerprint density at radius 1 is 1.60 bits per heavy atom. The number of aliphatic carboxylic acids is 1. The summed E-state index contributed by atoms with van der Waals surface area (Å²) in [5, 5.41) is 12.8. The lowest BCUT2D eigenvalue weighted by molar-refractivity contribution is -0.169. The summed E-state index contributed by atoms with van der Waals surface area (Å²) >= 11 is 7.86. The molecule has 0 aromatic heterocycles. The lowest BCUT2D eigenvalue weighted by Crippen LogP contribution is -2.78. The SMILES string of the molecule is CCCCCNC12CC(=O)N1C(C(=O)O)C(C)(Cl)CS2. The summed E-state index contributed by atoms with van der Waals surface area (Å²) in [6, 6.07) is -0.967. The van der Waals surface area contributed by atoms with Crippen LogP contribution < -0.4 is 5.32 Å². The highest BCUT2D eigenvalue weighted by Gasteiger charge is 2.63. The summed E-state index contributed by atoms with van der Waals surface area (Å²) in [6.45, 7) is 4.61. The summed E-state index contributed by atoms with van der Waals surface area (Å²) in [6.07, 6.45) is 3.62. The van der Waals surface area contributed by atoms with E-state index < -0.39 is 21.9 Å². The first-order valence-electron chi connectivity index (χ1n) is 6.97. The minimum absolute atomic E-state index is 0.139.